The van der Waals surface area contributed by atoms with Crippen LogP contribution in [0.4, 0.5) is 30.7 Å². The molecule has 0 unspecified atom stereocenters. The summed E-state index contributed by atoms with van der Waals surface area (Å²) in [6.45, 7) is 2.33. The van der Waals surface area contributed by atoms with Crippen molar-refractivity contribution in [2.45, 2.75) is 50.9 Å². The molecule has 0 radical (unpaired) electrons. The largest absolute Gasteiger partial charge is 0.311 e. The van der Waals surface area contributed by atoms with Crippen LogP contribution >= 0.6 is 0 Å². The van der Waals surface area contributed by atoms with Gasteiger partial charge >= 0.3 is 12.3 Å². The molecule has 0 amide bonds. The van der Waals surface area contributed by atoms with E-state index in [0.29, 0.717) is 11.1 Å². The van der Waals surface area contributed by atoms with Crippen LogP contribution in [0.1, 0.15) is 46.2 Å². The molecule has 0 aliphatic carbocycles. The molecular formula is C26H23F7. The van der Waals surface area contributed by atoms with Crippen LogP contribution in [0.3, 0.4) is 0 Å². The summed E-state index contributed by atoms with van der Waals surface area (Å²) in [5, 5.41) is 0. The molecular weight excluding hydrogens is 445 g/mol. The minimum Gasteiger partial charge on any atom is -0.207 e. The molecule has 0 bridgehead atoms. The predicted octanol–water partition coefficient (Wildman–Crippen LogP) is 8.06. The molecule has 3 aromatic rings. The van der Waals surface area contributed by atoms with Crippen molar-refractivity contribution in [1.82, 2.24) is 0 Å². The van der Waals surface area contributed by atoms with Gasteiger partial charge in [-0.2, -0.15) is 8.78 Å². The van der Waals surface area contributed by atoms with E-state index in [1.807, 2.05) is 12.1 Å². The summed E-state index contributed by atoms with van der Waals surface area (Å²) < 4.78 is 95.4. The third-order valence-corrected chi connectivity index (χ3v) is 5.56. The van der Waals surface area contributed by atoms with Crippen LogP contribution in [-0.2, 0) is 18.8 Å². The highest BCUT2D eigenvalue weighted by Gasteiger charge is 2.40. The van der Waals surface area contributed by atoms with Crippen LogP contribution in [-0.4, -0.2) is 12.3 Å². The minimum absolute atomic E-state index is 0.195. The molecule has 1 atom stereocenters. The van der Waals surface area contributed by atoms with Crippen molar-refractivity contribution in [3.8, 4) is 0 Å². The molecule has 3 rings (SSSR count). The second kappa shape index (κ2) is 9.57. The van der Waals surface area contributed by atoms with Crippen LogP contribution in [0.5, 0.6) is 0 Å². The average molecular weight is 468 g/mol. The molecule has 0 nitrogen and oxygen atoms in total. The van der Waals surface area contributed by atoms with Gasteiger partial charge in [0, 0.05) is 24.8 Å². The van der Waals surface area contributed by atoms with Crippen LogP contribution in [0.25, 0.3) is 0 Å². The van der Waals surface area contributed by atoms with Gasteiger partial charge in [-0.05, 0) is 59.4 Å². The van der Waals surface area contributed by atoms with Crippen molar-refractivity contribution in [3.05, 3.63) is 106 Å². The number of alkyl halides is 6. The Bertz CT molecular complexity index is 1090. The molecule has 33 heavy (non-hydrogen) atoms. The molecule has 0 aliphatic rings. The first-order valence-corrected chi connectivity index (χ1v) is 10.3. The van der Waals surface area contributed by atoms with Gasteiger partial charge in [0.2, 0.25) is 0 Å². The fourth-order valence-electron chi connectivity index (χ4n) is 3.94. The van der Waals surface area contributed by atoms with Crippen molar-refractivity contribution < 1.29 is 30.7 Å². The normalized spacial score (nSPS) is 13.4. The molecule has 0 aromatic heterocycles. The molecule has 0 saturated carbocycles. The number of halogens is 7. The SMILES string of the molecule is Cc1ccc([C@@H](Cc2ccccc2)c2cc(F)cc(CC(F)(F)C(F)F)c2)cc1C(C)(F)F. The first kappa shape index (κ1) is 24.8. The highest BCUT2D eigenvalue weighted by Crippen LogP contribution is 2.36. The van der Waals surface area contributed by atoms with Crippen molar-refractivity contribution in [1.29, 1.82) is 0 Å². The standard InChI is InChI=1S/C26H23F7/c1-16-8-9-19(14-23(16)25(2,30)31)22(12-17-6-4-3-5-7-17)20-10-18(11-21(27)13-20)15-26(32,33)24(28)29/h3-11,13-14,22,24H,12,15H2,1-2H3/t22-/m1/s1. The summed E-state index contributed by atoms with van der Waals surface area (Å²) in [4.78, 5) is 0. The Kier molecular flexibility index (Phi) is 7.20. The molecule has 0 heterocycles. The lowest BCUT2D eigenvalue weighted by atomic mass is 9.83. The van der Waals surface area contributed by atoms with Crippen molar-refractivity contribution >= 4 is 0 Å². The van der Waals surface area contributed by atoms with Crippen LogP contribution in [0.2, 0.25) is 0 Å². The molecule has 0 saturated heterocycles. The summed E-state index contributed by atoms with van der Waals surface area (Å²) in [6, 6.07) is 16.7. The molecule has 176 valence electrons. The molecule has 7 heteroatoms. The molecule has 0 fully saturated rings. The molecule has 0 spiro atoms. The third kappa shape index (κ3) is 6.15. The number of hydrogen-bond acceptors (Lipinski definition) is 0. The number of benzene rings is 3. The Morgan fingerprint density at radius 3 is 2.06 bits per heavy atom. The van der Waals surface area contributed by atoms with E-state index >= 15 is 0 Å². The summed E-state index contributed by atoms with van der Waals surface area (Å²) >= 11 is 0. The monoisotopic (exact) mass is 468 g/mol. The van der Waals surface area contributed by atoms with E-state index in [9.17, 15) is 30.7 Å². The average Bonchev–Trinajstić information content (AvgIpc) is 2.71. The van der Waals surface area contributed by atoms with Crippen LogP contribution in [0.15, 0.2) is 66.7 Å². The highest BCUT2D eigenvalue weighted by molar-refractivity contribution is 5.42. The maximum absolute atomic E-state index is 14.4. The topological polar surface area (TPSA) is 0 Å². The maximum atomic E-state index is 14.4. The second-order valence-corrected chi connectivity index (χ2v) is 8.34. The zero-order valence-corrected chi connectivity index (χ0v) is 18.1. The van der Waals surface area contributed by atoms with Crippen molar-refractivity contribution in [2.24, 2.45) is 0 Å². The molecule has 0 N–H and O–H groups in total. The Morgan fingerprint density at radius 1 is 0.788 bits per heavy atom. The summed E-state index contributed by atoms with van der Waals surface area (Å²) in [5.41, 5.74) is 1.39. The molecule has 0 aliphatic heterocycles. The van der Waals surface area contributed by atoms with Gasteiger partial charge in [0.15, 0.2) is 0 Å². The van der Waals surface area contributed by atoms with Gasteiger partial charge in [-0.3, -0.25) is 0 Å². The Balaban J connectivity index is 2.11. The van der Waals surface area contributed by atoms with E-state index in [1.54, 1.807) is 31.2 Å². The smallest absolute Gasteiger partial charge is 0.207 e. The fraction of sp³-hybridized carbons (Fsp3) is 0.308. The second-order valence-electron chi connectivity index (χ2n) is 8.34. The lowest BCUT2D eigenvalue weighted by Crippen LogP contribution is -2.29. The number of rotatable bonds is 8. The lowest BCUT2D eigenvalue weighted by Gasteiger charge is -2.23. The van der Waals surface area contributed by atoms with Gasteiger partial charge in [-0.25, -0.2) is 22.0 Å². The molecule has 3 aromatic carbocycles. The van der Waals surface area contributed by atoms with Gasteiger partial charge in [0.25, 0.3) is 5.92 Å². The first-order valence-electron chi connectivity index (χ1n) is 10.3. The lowest BCUT2D eigenvalue weighted by molar-refractivity contribution is -0.127. The maximum Gasteiger partial charge on any atom is 0.311 e. The van der Waals surface area contributed by atoms with Gasteiger partial charge in [0.05, 0.1) is 0 Å². The van der Waals surface area contributed by atoms with Crippen LogP contribution in [0, 0.1) is 12.7 Å². The van der Waals surface area contributed by atoms with E-state index < -0.39 is 36.4 Å². The van der Waals surface area contributed by atoms with E-state index in [1.165, 1.54) is 18.2 Å². The zero-order chi connectivity index (χ0) is 24.4. The predicted molar refractivity (Wildman–Crippen MR) is 114 cm³/mol. The minimum atomic E-state index is -4.32. The quantitative estimate of drug-likeness (QED) is 0.293. The summed E-state index contributed by atoms with van der Waals surface area (Å²) in [5.74, 6) is -8.96. The number of aryl methyl sites for hydroxylation is 1. The van der Waals surface area contributed by atoms with E-state index in [2.05, 4.69) is 0 Å². The number of hydrogen-bond donors (Lipinski definition) is 0. The third-order valence-electron chi connectivity index (χ3n) is 5.56. The van der Waals surface area contributed by atoms with Crippen molar-refractivity contribution in [2.75, 3.05) is 0 Å². The van der Waals surface area contributed by atoms with Gasteiger partial charge in [-0.1, -0.05) is 48.5 Å². The van der Waals surface area contributed by atoms with Gasteiger partial charge < -0.3 is 0 Å². The first-order chi connectivity index (χ1) is 15.4. The van der Waals surface area contributed by atoms with E-state index in [0.717, 1.165) is 24.6 Å². The van der Waals surface area contributed by atoms with Crippen LogP contribution < -0.4 is 0 Å². The zero-order valence-electron chi connectivity index (χ0n) is 18.1. The summed E-state index contributed by atoms with van der Waals surface area (Å²) in [7, 11) is 0. The fourth-order valence-corrected chi connectivity index (χ4v) is 3.94. The van der Waals surface area contributed by atoms with Gasteiger partial charge in [-0.15, -0.1) is 0 Å². The van der Waals surface area contributed by atoms with E-state index in [4.69, 9.17) is 0 Å². The Hall–Kier alpha value is -2.83. The van der Waals surface area contributed by atoms with E-state index in [-0.39, 0.29) is 23.1 Å². The summed E-state index contributed by atoms with van der Waals surface area (Å²) in [6.07, 6.45) is -4.96. The highest BCUT2D eigenvalue weighted by atomic mass is 19.3. The van der Waals surface area contributed by atoms with Crippen molar-refractivity contribution in [3.63, 3.8) is 0 Å². The Labute approximate surface area is 188 Å². The Morgan fingerprint density at radius 2 is 1.45 bits per heavy atom. The van der Waals surface area contributed by atoms with Gasteiger partial charge in [0.1, 0.15) is 5.82 Å².